The summed E-state index contributed by atoms with van der Waals surface area (Å²) < 4.78 is 5.21. The number of nitrogens with two attached hydrogens (primary N) is 1. The standard InChI is InChI=1S/C13H23NO/c1-15-6-5-13(14)8-9-7-12(13)11-4-2-3-10(9)11/h9-12H,2-8,14H2,1H3. The van der Waals surface area contributed by atoms with Crippen LogP contribution in [0.4, 0.5) is 0 Å². The van der Waals surface area contributed by atoms with Crippen molar-refractivity contribution in [1.82, 2.24) is 0 Å². The van der Waals surface area contributed by atoms with Gasteiger partial charge in [0.1, 0.15) is 0 Å². The Morgan fingerprint density at radius 1 is 1.33 bits per heavy atom. The van der Waals surface area contributed by atoms with Crippen molar-refractivity contribution >= 4 is 0 Å². The second-order valence-electron chi connectivity index (χ2n) is 6.04. The molecular formula is C13H23NO. The van der Waals surface area contributed by atoms with Crippen molar-refractivity contribution in [3.05, 3.63) is 0 Å². The minimum absolute atomic E-state index is 0.131. The molecule has 3 aliphatic carbocycles. The first kappa shape index (κ1) is 10.1. The first-order chi connectivity index (χ1) is 7.24. The van der Waals surface area contributed by atoms with E-state index in [0.717, 1.165) is 36.7 Å². The molecule has 0 heterocycles. The van der Waals surface area contributed by atoms with Gasteiger partial charge in [-0.15, -0.1) is 0 Å². The van der Waals surface area contributed by atoms with E-state index in [1.54, 1.807) is 7.11 Å². The third-order valence-electron chi connectivity index (χ3n) is 5.46. The molecule has 0 aromatic heterocycles. The Morgan fingerprint density at radius 2 is 2.13 bits per heavy atom. The molecule has 5 unspecified atom stereocenters. The fourth-order valence-corrected chi connectivity index (χ4v) is 4.89. The lowest BCUT2D eigenvalue weighted by Crippen LogP contribution is -2.49. The van der Waals surface area contributed by atoms with Gasteiger partial charge in [0.2, 0.25) is 0 Å². The zero-order valence-electron chi connectivity index (χ0n) is 9.74. The normalized spacial score (nSPS) is 52.4. The maximum Gasteiger partial charge on any atom is 0.0479 e. The molecule has 3 aliphatic rings. The lowest BCUT2D eigenvalue weighted by molar-refractivity contribution is 0.105. The van der Waals surface area contributed by atoms with Crippen molar-refractivity contribution in [3.8, 4) is 0 Å². The third-order valence-corrected chi connectivity index (χ3v) is 5.46. The molecule has 2 heteroatoms. The molecule has 0 aromatic rings. The maximum atomic E-state index is 6.61. The maximum absolute atomic E-state index is 6.61. The summed E-state index contributed by atoms with van der Waals surface area (Å²) in [4.78, 5) is 0. The Bertz CT molecular complexity index is 255. The molecule has 2 bridgehead atoms. The van der Waals surface area contributed by atoms with Crippen LogP contribution in [0.3, 0.4) is 0 Å². The van der Waals surface area contributed by atoms with Crippen molar-refractivity contribution in [2.45, 2.75) is 44.1 Å². The van der Waals surface area contributed by atoms with Crippen LogP contribution in [-0.2, 0) is 4.74 Å². The number of ether oxygens (including phenoxy) is 1. The highest BCUT2D eigenvalue weighted by Gasteiger charge is 2.58. The number of fused-ring (bicyclic) bond motifs is 5. The van der Waals surface area contributed by atoms with Crippen LogP contribution in [0.15, 0.2) is 0 Å². The smallest absolute Gasteiger partial charge is 0.0479 e. The predicted octanol–water partition coefficient (Wildman–Crippen LogP) is 2.18. The Hall–Kier alpha value is -0.0800. The first-order valence-corrected chi connectivity index (χ1v) is 6.52. The van der Waals surface area contributed by atoms with E-state index in [4.69, 9.17) is 10.5 Å². The van der Waals surface area contributed by atoms with Gasteiger partial charge in [-0.3, -0.25) is 0 Å². The third kappa shape index (κ3) is 1.38. The highest BCUT2D eigenvalue weighted by molar-refractivity contribution is 5.12. The molecule has 0 radical (unpaired) electrons. The van der Waals surface area contributed by atoms with Crippen LogP contribution in [0.1, 0.15) is 38.5 Å². The Labute approximate surface area is 92.6 Å². The van der Waals surface area contributed by atoms with Gasteiger partial charge < -0.3 is 10.5 Å². The van der Waals surface area contributed by atoms with Crippen molar-refractivity contribution < 1.29 is 4.74 Å². The minimum atomic E-state index is 0.131. The van der Waals surface area contributed by atoms with Crippen LogP contribution in [-0.4, -0.2) is 19.3 Å². The van der Waals surface area contributed by atoms with Crippen molar-refractivity contribution in [1.29, 1.82) is 0 Å². The summed E-state index contributed by atoms with van der Waals surface area (Å²) in [7, 11) is 1.79. The average molecular weight is 209 g/mol. The summed E-state index contributed by atoms with van der Waals surface area (Å²) in [5, 5.41) is 0. The molecule has 15 heavy (non-hydrogen) atoms. The molecule has 0 saturated heterocycles. The lowest BCUT2D eigenvalue weighted by atomic mass is 9.70. The van der Waals surface area contributed by atoms with Crippen LogP contribution < -0.4 is 5.73 Å². The van der Waals surface area contributed by atoms with Gasteiger partial charge in [-0.05, 0) is 55.8 Å². The quantitative estimate of drug-likeness (QED) is 0.773. The molecule has 2 nitrogen and oxygen atoms in total. The van der Waals surface area contributed by atoms with E-state index in [0.29, 0.717) is 0 Å². The molecule has 86 valence electrons. The molecule has 2 N–H and O–H groups in total. The van der Waals surface area contributed by atoms with E-state index in [1.165, 1.54) is 32.1 Å². The van der Waals surface area contributed by atoms with Gasteiger partial charge in [-0.2, -0.15) is 0 Å². The summed E-state index contributed by atoms with van der Waals surface area (Å²) in [6, 6.07) is 0. The zero-order chi connectivity index (χ0) is 10.5. The van der Waals surface area contributed by atoms with Gasteiger partial charge in [-0.1, -0.05) is 6.42 Å². The first-order valence-electron chi connectivity index (χ1n) is 6.52. The molecule has 3 rings (SSSR count). The number of hydrogen-bond donors (Lipinski definition) is 1. The van der Waals surface area contributed by atoms with Crippen LogP contribution >= 0.6 is 0 Å². The van der Waals surface area contributed by atoms with Crippen molar-refractivity contribution in [2.24, 2.45) is 29.4 Å². The topological polar surface area (TPSA) is 35.2 Å². The SMILES string of the molecule is COCCC1(N)CC2CC1C1CCCC21. The van der Waals surface area contributed by atoms with Gasteiger partial charge >= 0.3 is 0 Å². The lowest BCUT2D eigenvalue weighted by Gasteiger charge is -2.40. The molecule has 3 saturated carbocycles. The Balaban J connectivity index is 1.74. The van der Waals surface area contributed by atoms with E-state index >= 15 is 0 Å². The Morgan fingerprint density at radius 3 is 2.93 bits per heavy atom. The van der Waals surface area contributed by atoms with Crippen molar-refractivity contribution in [2.75, 3.05) is 13.7 Å². The van der Waals surface area contributed by atoms with Crippen molar-refractivity contribution in [3.63, 3.8) is 0 Å². The molecule has 0 aromatic carbocycles. The fourth-order valence-electron chi connectivity index (χ4n) is 4.89. The molecule has 5 atom stereocenters. The second-order valence-corrected chi connectivity index (χ2v) is 6.04. The van der Waals surface area contributed by atoms with Gasteiger partial charge in [-0.25, -0.2) is 0 Å². The number of rotatable bonds is 3. The molecule has 0 spiro atoms. The van der Waals surface area contributed by atoms with Crippen LogP contribution in [0.25, 0.3) is 0 Å². The predicted molar refractivity (Wildman–Crippen MR) is 60.5 cm³/mol. The monoisotopic (exact) mass is 209 g/mol. The van der Waals surface area contributed by atoms with Gasteiger partial charge in [0, 0.05) is 19.3 Å². The van der Waals surface area contributed by atoms with E-state index in [1.807, 2.05) is 0 Å². The van der Waals surface area contributed by atoms with E-state index in [9.17, 15) is 0 Å². The van der Waals surface area contributed by atoms with Crippen LogP contribution in [0, 0.1) is 23.7 Å². The van der Waals surface area contributed by atoms with Gasteiger partial charge in [0.25, 0.3) is 0 Å². The largest absolute Gasteiger partial charge is 0.385 e. The van der Waals surface area contributed by atoms with Gasteiger partial charge in [0.05, 0.1) is 0 Å². The molecule has 3 fully saturated rings. The highest BCUT2D eigenvalue weighted by Crippen LogP contribution is 2.62. The highest BCUT2D eigenvalue weighted by atomic mass is 16.5. The summed E-state index contributed by atoms with van der Waals surface area (Å²) >= 11 is 0. The average Bonchev–Trinajstić information content (AvgIpc) is 2.84. The Kier molecular flexibility index (Phi) is 2.33. The fraction of sp³-hybridized carbons (Fsp3) is 1.00. The van der Waals surface area contributed by atoms with Crippen LogP contribution in [0.5, 0.6) is 0 Å². The van der Waals surface area contributed by atoms with E-state index < -0.39 is 0 Å². The molecule has 0 amide bonds. The summed E-state index contributed by atoms with van der Waals surface area (Å²) in [5.74, 6) is 3.81. The van der Waals surface area contributed by atoms with E-state index in [-0.39, 0.29) is 5.54 Å². The number of methoxy groups -OCH3 is 1. The number of hydrogen-bond acceptors (Lipinski definition) is 2. The molecular weight excluding hydrogens is 186 g/mol. The zero-order valence-corrected chi connectivity index (χ0v) is 9.74. The summed E-state index contributed by atoms with van der Waals surface area (Å²) in [6.07, 6.45) is 8.19. The minimum Gasteiger partial charge on any atom is -0.385 e. The summed E-state index contributed by atoms with van der Waals surface area (Å²) in [6.45, 7) is 0.844. The van der Waals surface area contributed by atoms with E-state index in [2.05, 4.69) is 0 Å². The van der Waals surface area contributed by atoms with Crippen LogP contribution in [0.2, 0.25) is 0 Å². The summed E-state index contributed by atoms with van der Waals surface area (Å²) in [5.41, 5.74) is 6.74. The second kappa shape index (κ2) is 3.46. The molecule has 0 aliphatic heterocycles. The van der Waals surface area contributed by atoms with Gasteiger partial charge in [0.15, 0.2) is 0 Å².